The zero-order valence-electron chi connectivity index (χ0n) is 12.8. The summed E-state index contributed by atoms with van der Waals surface area (Å²) in [5.74, 6) is 0.469. The molecule has 1 amide bonds. The van der Waals surface area contributed by atoms with Crippen molar-refractivity contribution in [1.29, 1.82) is 0 Å². The van der Waals surface area contributed by atoms with Gasteiger partial charge in [-0.25, -0.2) is 8.42 Å². The van der Waals surface area contributed by atoms with Crippen LogP contribution in [0.25, 0.3) is 0 Å². The zero-order valence-corrected chi connectivity index (χ0v) is 13.6. The van der Waals surface area contributed by atoms with Gasteiger partial charge in [0.2, 0.25) is 15.9 Å². The largest absolute Gasteiger partial charge is 0.497 e. The van der Waals surface area contributed by atoms with Gasteiger partial charge in [0.25, 0.3) is 0 Å². The lowest BCUT2D eigenvalue weighted by molar-refractivity contribution is -0.121. The first-order valence-electron chi connectivity index (χ1n) is 6.65. The number of amides is 1. The summed E-state index contributed by atoms with van der Waals surface area (Å²) >= 11 is 0. The Morgan fingerprint density at radius 3 is 2.29 bits per heavy atom. The van der Waals surface area contributed by atoms with E-state index >= 15 is 0 Å². The zero-order chi connectivity index (χ0) is 16.0. The van der Waals surface area contributed by atoms with Gasteiger partial charge in [-0.3, -0.25) is 9.10 Å². The maximum atomic E-state index is 11.9. The van der Waals surface area contributed by atoms with Crippen LogP contribution >= 0.6 is 0 Å². The molecule has 0 aliphatic carbocycles. The highest BCUT2D eigenvalue weighted by molar-refractivity contribution is 7.92. The number of anilines is 1. The van der Waals surface area contributed by atoms with Crippen molar-refractivity contribution in [3.63, 3.8) is 0 Å². The van der Waals surface area contributed by atoms with Crippen LogP contribution < -0.4 is 14.4 Å². The number of nitrogens with zero attached hydrogens (tertiary/aromatic N) is 1. The lowest BCUT2D eigenvalue weighted by atomic mass is 10.3. The number of hydrogen-bond acceptors (Lipinski definition) is 4. The number of rotatable bonds is 7. The Morgan fingerprint density at radius 2 is 1.86 bits per heavy atom. The quantitative estimate of drug-likeness (QED) is 0.825. The Bertz CT molecular complexity index is 567. The van der Waals surface area contributed by atoms with E-state index in [1.807, 2.05) is 13.8 Å². The highest BCUT2D eigenvalue weighted by Crippen LogP contribution is 2.21. The van der Waals surface area contributed by atoms with E-state index in [0.29, 0.717) is 11.4 Å². The topological polar surface area (TPSA) is 75.7 Å². The van der Waals surface area contributed by atoms with Gasteiger partial charge in [-0.15, -0.1) is 0 Å². The van der Waals surface area contributed by atoms with E-state index in [-0.39, 0.29) is 24.9 Å². The minimum atomic E-state index is -3.45. The highest BCUT2D eigenvalue weighted by Gasteiger charge is 2.18. The molecule has 1 rings (SSSR count). The second-order valence-electron chi connectivity index (χ2n) is 5.01. The summed E-state index contributed by atoms with van der Waals surface area (Å²) < 4.78 is 30.0. The van der Waals surface area contributed by atoms with Crippen molar-refractivity contribution < 1.29 is 17.9 Å². The van der Waals surface area contributed by atoms with Gasteiger partial charge < -0.3 is 10.1 Å². The molecule has 7 heteroatoms. The molecule has 0 unspecified atom stereocenters. The van der Waals surface area contributed by atoms with Gasteiger partial charge in [0.15, 0.2) is 0 Å². The molecule has 0 spiro atoms. The lowest BCUT2D eigenvalue weighted by Gasteiger charge is -2.22. The fourth-order valence-electron chi connectivity index (χ4n) is 1.83. The molecule has 0 aromatic heterocycles. The number of carbonyl (C=O) groups excluding carboxylic acids is 1. The molecule has 0 atom stereocenters. The number of hydrogen-bond donors (Lipinski definition) is 1. The Kier molecular flexibility index (Phi) is 6.02. The summed E-state index contributed by atoms with van der Waals surface area (Å²) in [5, 5.41) is 2.74. The van der Waals surface area contributed by atoms with Crippen LogP contribution in [0.1, 0.15) is 20.3 Å². The van der Waals surface area contributed by atoms with Crippen molar-refractivity contribution in [3.8, 4) is 5.75 Å². The van der Waals surface area contributed by atoms with Crippen molar-refractivity contribution in [1.82, 2.24) is 5.32 Å². The smallest absolute Gasteiger partial charge is 0.232 e. The average Bonchev–Trinajstić information content (AvgIpc) is 2.37. The predicted octanol–water partition coefficient (Wildman–Crippen LogP) is 1.38. The Labute approximate surface area is 126 Å². The number of methoxy groups -OCH3 is 1. The third-order valence-electron chi connectivity index (χ3n) is 2.75. The predicted molar refractivity (Wildman–Crippen MR) is 83.1 cm³/mol. The number of benzene rings is 1. The van der Waals surface area contributed by atoms with Crippen molar-refractivity contribution >= 4 is 21.6 Å². The lowest BCUT2D eigenvalue weighted by Crippen LogP contribution is -2.36. The Balaban J connectivity index is 2.84. The summed E-state index contributed by atoms with van der Waals surface area (Å²) in [6.45, 7) is 3.81. The first-order valence-corrected chi connectivity index (χ1v) is 8.50. The maximum absolute atomic E-state index is 11.9. The van der Waals surface area contributed by atoms with Crippen molar-refractivity contribution in [3.05, 3.63) is 24.3 Å². The molecule has 0 saturated carbocycles. The molecule has 0 aliphatic rings. The number of nitrogens with one attached hydrogen (secondary N) is 1. The number of sulfonamides is 1. The normalized spacial score (nSPS) is 11.3. The van der Waals surface area contributed by atoms with E-state index in [0.717, 1.165) is 6.26 Å². The van der Waals surface area contributed by atoms with Gasteiger partial charge >= 0.3 is 0 Å². The molecule has 21 heavy (non-hydrogen) atoms. The standard InChI is InChI=1S/C14H22N2O4S/c1-11(2)15-14(17)9-10-16(21(4,18)19)12-5-7-13(20-3)8-6-12/h5-8,11H,9-10H2,1-4H3,(H,15,17). The van der Waals surface area contributed by atoms with Crippen LogP contribution in [0.15, 0.2) is 24.3 Å². The van der Waals surface area contributed by atoms with Crippen LogP contribution in [-0.4, -0.2) is 40.3 Å². The summed E-state index contributed by atoms with van der Waals surface area (Å²) in [7, 11) is -1.91. The van der Waals surface area contributed by atoms with Crippen LogP contribution in [0.4, 0.5) is 5.69 Å². The first-order chi connectivity index (χ1) is 9.74. The molecule has 0 heterocycles. The molecule has 0 bridgehead atoms. The second kappa shape index (κ2) is 7.31. The molecule has 0 aliphatic heterocycles. The third-order valence-corrected chi connectivity index (χ3v) is 3.95. The van der Waals surface area contributed by atoms with E-state index < -0.39 is 10.0 Å². The van der Waals surface area contributed by atoms with Crippen LogP contribution in [0.5, 0.6) is 5.75 Å². The molecule has 1 N–H and O–H groups in total. The van der Waals surface area contributed by atoms with Crippen LogP contribution in [0, 0.1) is 0 Å². The SMILES string of the molecule is COc1ccc(N(CCC(=O)NC(C)C)S(C)(=O)=O)cc1. The molecule has 0 saturated heterocycles. The van der Waals surface area contributed by atoms with Gasteiger partial charge in [-0.2, -0.15) is 0 Å². The molecule has 1 aromatic carbocycles. The van der Waals surface area contributed by atoms with E-state index in [2.05, 4.69) is 5.32 Å². The third kappa shape index (κ3) is 5.63. The fraction of sp³-hybridized carbons (Fsp3) is 0.500. The minimum absolute atomic E-state index is 0.0326. The van der Waals surface area contributed by atoms with Gasteiger partial charge in [0.1, 0.15) is 5.75 Å². The van der Waals surface area contributed by atoms with E-state index in [4.69, 9.17) is 4.74 Å². The van der Waals surface area contributed by atoms with E-state index in [1.165, 1.54) is 4.31 Å². The summed E-state index contributed by atoms with van der Waals surface area (Å²) in [6, 6.07) is 6.70. The molecule has 1 aromatic rings. The van der Waals surface area contributed by atoms with E-state index in [1.54, 1.807) is 31.4 Å². The Hall–Kier alpha value is -1.76. The first kappa shape index (κ1) is 17.3. The summed E-state index contributed by atoms with van der Waals surface area (Å²) in [6.07, 6.45) is 1.23. The average molecular weight is 314 g/mol. The van der Waals surface area contributed by atoms with Crippen molar-refractivity contribution in [2.75, 3.05) is 24.2 Å². The van der Waals surface area contributed by atoms with Crippen molar-refractivity contribution in [2.45, 2.75) is 26.3 Å². The molecular weight excluding hydrogens is 292 g/mol. The molecular formula is C14H22N2O4S. The molecule has 6 nitrogen and oxygen atoms in total. The monoisotopic (exact) mass is 314 g/mol. The van der Waals surface area contributed by atoms with Gasteiger partial charge in [-0.05, 0) is 38.1 Å². The second-order valence-corrected chi connectivity index (χ2v) is 6.91. The number of carbonyl (C=O) groups is 1. The van der Waals surface area contributed by atoms with Gasteiger partial charge in [0, 0.05) is 19.0 Å². The van der Waals surface area contributed by atoms with Crippen LogP contribution in [0.2, 0.25) is 0 Å². The highest BCUT2D eigenvalue weighted by atomic mass is 32.2. The fourth-order valence-corrected chi connectivity index (χ4v) is 2.76. The molecule has 118 valence electrons. The van der Waals surface area contributed by atoms with Crippen molar-refractivity contribution in [2.24, 2.45) is 0 Å². The van der Waals surface area contributed by atoms with E-state index in [9.17, 15) is 13.2 Å². The summed E-state index contributed by atoms with van der Waals surface area (Å²) in [5.41, 5.74) is 0.510. The van der Waals surface area contributed by atoms with Gasteiger partial charge in [0.05, 0.1) is 19.1 Å². The van der Waals surface area contributed by atoms with Gasteiger partial charge in [-0.1, -0.05) is 0 Å². The Morgan fingerprint density at radius 1 is 1.29 bits per heavy atom. The molecule has 0 fully saturated rings. The minimum Gasteiger partial charge on any atom is -0.497 e. The maximum Gasteiger partial charge on any atom is 0.232 e. The number of ether oxygens (including phenoxy) is 1. The summed E-state index contributed by atoms with van der Waals surface area (Å²) in [4.78, 5) is 11.7. The van der Waals surface area contributed by atoms with Crippen LogP contribution in [0.3, 0.4) is 0 Å². The molecule has 0 radical (unpaired) electrons. The van der Waals surface area contributed by atoms with Crippen LogP contribution in [-0.2, 0) is 14.8 Å².